The minimum Gasteiger partial charge on any atom is -0.397 e. The Labute approximate surface area is 122 Å². The Hall–Kier alpha value is -1.57. The van der Waals surface area contributed by atoms with Crippen LogP contribution in [0.15, 0.2) is 29.4 Å². The van der Waals surface area contributed by atoms with Gasteiger partial charge in [0.25, 0.3) is 0 Å². The lowest BCUT2D eigenvalue weighted by atomic mass is 10.2. The number of nitrogens with zero attached hydrogens (tertiary/aromatic N) is 1. The summed E-state index contributed by atoms with van der Waals surface area (Å²) in [6.45, 7) is 1.96. The average Bonchev–Trinajstić information content (AvgIpc) is 2.88. The fraction of sp³-hybridized carbons (Fsp3) is 0.250. The van der Waals surface area contributed by atoms with E-state index >= 15 is 0 Å². The van der Waals surface area contributed by atoms with Crippen molar-refractivity contribution >= 4 is 27.3 Å². The molecule has 0 spiro atoms. The van der Waals surface area contributed by atoms with Gasteiger partial charge in [-0.15, -0.1) is 0 Å². The van der Waals surface area contributed by atoms with E-state index in [0.717, 1.165) is 5.82 Å². The van der Waals surface area contributed by atoms with Gasteiger partial charge in [0.2, 0.25) is 10.0 Å². The van der Waals surface area contributed by atoms with E-state index in [0.29, 0.717) is 17.0 Å². The normalized spacial score (nSPS) is 11.7. The predicted molar refractivity (Wildman–Crippen MR) is 78.1 cm³/mol. The average molecular weight is 315 g/mol. The Morgan fingerprint density at radius 1 is 1.45 bits per heavy atom. The van der Waals surface area contributed by atoms with Gasteiger partial charge in [0, 0.05) is 25.4 Å². The molecule has 20 heavy (non-hydrogen) atoms. The summed E-state index contributed by atoms with van der Waals surface area (Å²) in [5.74, 6) is 0.722. The lowest BCUT2D eigenvalue weighted by molar-refractivity contribution is 0.581. The molecule has 2 rings (SSSR count). The predicted octanol–water partition coefficient (Wildman–Crippen LogP) is 1.47. The Morgan fingerprint density at radius 2 is 2.20 bits per heavy atom. The van der Waals surface area contributed by atoms with Crippen LogP contribution >= 0.6 is 11.6 Å². The van der Waals surface area contributed by atoms with E-state index in [4.69, 9.17) is 17.3 Å². The molecule has 1 heterocycles. The summed E-state index contributed by atoms with van der Waals surface area (Å²) in [6.07, 6.45) is 3.79. The van der Waals surface area contributed by atoms with Gasteiger partial charge in [-0.05, 0) is 24.6 Å². The summed E-state index contributed by atoms with van der Waals surface area (Å²) < 4.78 is 26.8. The number of benzene rings is 1. The lowest BCUT2D eigenvalue weighted by Gasteiger charge is -2.09. The molecule has 108 valence electrons. The zero-order valence-corrected chi connectivity index (χ0v) is 12.4. The molecular formula is C12H15ClN4O2S. The number of nitrogens with two attached hydrogens (primary N) is 1. The van der Waals surface area contributed by atoms with Crippen LogP contribution in [-0.4, -0.2) is 24.9 Å². The van der Waals surface area contributed by atoms with Crippen molar-refractivity contribution in [2.75, 3.05) is 12.3 Å². The second kappa shape index (κ2) is 5.82. The topological polar surface area (TPSA) is 101 Å². The van der Waals surface area contributed by atoms with E-state index in [9.17, 15) is 8.42 Å². The molecule has 0 atom stereocenters. The number of imidazole rings is 1. The largest absolute Gasteiger partial charge is 0.397 e. The molecule has 1 aromatic carbocycles. The molecule has 0 radical (unpaired) electrons. The van der Waals surface area contributed by atoms with Crippen molar-refractivity contribution in [3.05, 3.63) is 40.9 Å². The van der Waals surface area contributed by atoms with Crippen molar-refractivity contribution in [2.24, 2.45) is 0 Å². The van der Waals surface area contributed by atoms with Crippen LogP contribution in [-0.2, 0) is 16.4 Å². The summed E-state index contributed by atoms with van der Waals surface area (Å²) in [6, 6.07) is 2.85. The molecular weight excluding hydrogens is 300 g/mol. The van der Waals surface area contributed by atoms with Gasteiger partial charge in [-0.1, -0.05) is 11.6 Å². The number of aryl methyl sites for hydroxylation is 1. The SMILES string of the molecule is Cc1cc(S(=O)(=O)NCCc2ncc[nH]2)cc(N)c1Cl. The van der Waals surface area contributed by atoms with Gasteiger partial charge < -0.3 is 10.7 Å². The summed E-state index contributed by atoms with van der Waals surface area (Å²) in [4.78, 5) is 7.03. The number of aromatic amines is 1. The van der Waals surface area contributed by atoms with Gasteiger partial charge in [-0.3, -0.25) is 0 Å². The molecule has 6 nitrogen and oxygen atoms in total. The highest BCUT2D eigenvalue weighted by Crippen LogP contribution is 2.26. The molecule has 0 fully saturated rings. The second-order valence-electron chi connectivity index (χ2n) is 4.33. The lowest BCUT2D eigenvalue weighted by Crippen LogP contribution is -2.26. The first kappa shape index (κ1) is 14.8. The van der Waals surface area contributed by atoms with E-state index < -0.39 is 10.0 Å². The summed E-state index contributed by atoms with van der Waals surface area (Å²) in [7, 11) is -3.61. The van der Waals surface area contributed by atoms with Gasteiger partial charge in [-0.2, -0.15) is 0 Å². The number of anilines is 1. The van der Waals surface area contributed by atoms with Crippen LogP contribution in [0.2, 0.25) is 5.02 Å². The van der Waals surface area contributed by atoms with E-state index in [-0.39, 0.29) is 17.1 Å². The number of aromatic nitrogens is 2. The van der Waals surface area contributed by atoms with Gasteiger partial charge in [-0.25, -0.2) is 18.1 Å². The number of nitrogens with one attached hydrogen (secondary N) is 2. The summed E-state index contributed by atoms with van der Waals surface area (Å²) in [5.41, 5.74) is 6.56. The molecule has 0 bridgehead atoms. The molecule has 2 aromatic rings. The standard InChI is InChI=1S/C12H15ClN4O2S/c1-8-6-9(7-10(14)12(8)13)20(18,19)17-3-2-11-15-4-5-16-11/h4-7,17H,2-3,14H2,1H3,(H,15,16). The summed E-state index contributed by atoms with van der Waals surface area (Å²) in [5, 5.41) is 0.375. The molecule has 0 aliphatic carbocycles. The van der Waals surface area contributed by atoms with Crippen molar-refractivity contribution in [1.82, 2.24) is 14.7 Å². The molecule has 4 N–H and O–H groups in total. The Balaban J connectivity index is 2.10. The Kier molecular flexibility index (Phi) is 4.32. The maximum atomic E-state index is 12.1. The van der Waals surface area contributed by atoms with Crippen LogP contribution in [0.3, 0.4) is 0 Å². The zero-order valence-electron chi connectivity index (χ0n) is 10.9. The van der Waals surface area contributed by atoms with Gasteiger partial charge in [0.15, 0.2) is 0 Å². The number of hydrogen-bond donors (Lipinski definition) is 3. The fourth-order valence-corrected chi connectivity index (χ4v) is 3.00. The van der Waals surface area contributed by atoms with Crippen LogP contribution in [0, 0.1) is 6.92 Å². The van der Waals surface area contributed by atoms with E-state index in [1.54, 1.807) is 19.3 Å². The van der Waals surface area contributed by atoms with Crippen LogP contribution in [0.4, 0.5) is 5.69 Å². The number of H-pyrrole nitrogens is 1. The van der Waals surface area contributed by atoms with Crippen molar-refractivity contribution in [3.63, 3.8) is 0 Å². The maximum absolute atomic E-state index is 12.1. The molecule has 0 saturated heterocycles. The highest BCUT2D eigenvalue weighted by molar-refractivity contribution is 7.89. The maximum Gasteiger partial charge on any atom is 0.240 e. The Morgan fingerprint density at radius 3 is 2.80 bits per heavy atom. The minimum absolute atomic E-state index is 0.108. The molecule has 0 saturated carbocycles. The number of rotatable bonds is 5. The van der Waals surface area contributed by atoms with E-state index in [1.807, 2.05) is 0 Å². The number of halogens is 1. The highest BCUT2D eigenvalue weighted by Gasteiger charge is 2.16. The van der Waals surface area contributed by atoms with Crippen LogP contribution in [0.25, 0.3) is 0 Å². The number of hydrogen-bond acceptors (Lipinski definition) is 4. The van der Waals surface area contributed by atoms with Gasteiger partial charge in [0.05, 0.1) is 15.6 Å². The smallest absolute Gasteiger partial charge is 0.240 e. The van der Waals surface area contributed by atoms with Crippen LogP contribution in [0.5, 0.6) is 0 Å². The van der Waals surface area contributed by atoms with Crippen molar-refractivity contribution in [2.45, 2.75) is 18.2 Å². The molecule has 8 heteroatoms. The number of nitrogen functional groups attached to an aromatic ring is 1. The van der Waals surface area contributed by atoms with Crippen molar-refractivity contribution in [3.8, 4) is 0 Å². The highest BCUT2D eigenvalue weighted by atomic mass is 35.5. The van der Waals surface area contributed by atoms with Crippen molar-refractivity contribution < 1.29 is 8.42 Å². The Bertz CT molecular complexity index is 675. The van der Waals surface area contributed by atoms with Crippen molar-refractivity contribution in [1.29, 1.82) is 0 Å². The molecule has 0 aliphatic heterocycles. The van der Waals surface area contributed by atoms with Gasteiger partial charge in [0.1, 0.15) is 5.82 Å². The minimum atomic E-state index is -3.61. The summed E-state index contributed by atoms with van der Waals surface area (Å²) >= 11 is 5.92. The molecule has 0 unspecified atom stereocenters. The van der Waals surface area contributed by atoms with Crippen LogP contribution in [0.1, 0.15) is 11.4 Å². The first-order valence-corrected chi connectivity index (χ1v) is 7.80. The second-order valence-corrected chi connectivity index (χ2v) is 6.47. The third-order valence-corrected chi connectivity index (χ3v) is 4.73. The van der Waals surface area contributed by atoms with Gasteiger partial charge >= 0.3 is 0 Å². The van der Waals surface area contributed by atoms with Crippen LogP contribution < -0.4 is 10.5 Å². The molecule has 0 aliphatic rings. The molecule has 1 aromatic heterocycles. The van der Waals surface area contributed by atoms with E-state index in [2.05, 4.69) is 14.7 Å². The number of sulfonamides is 1. The monoisotopic (exact) mass is 314 g/mol. The fourth-order valence-electron chi connectivity index (χ4n) is 1.74. The third kappa shape index (κ3) is 3.30. The zero-order chi connectivity index (χ0) is 14.8. The molecule has 0 amide bonds. The first-order chi connectivity index (χ1) is 9.40. The van der Waals surface area contributed by atoms with E-state index in [1.165, 1.54) is 12.1 Å². The third-order valence-electron chi connectivity index (χ3n) is 2.78. The quantitative estimate of drug-likeness (QED) is 0.727. The first-order valence-electron chi connectivity index (χ1n) is 5.93.